The molecule has 170 valence electrons. The van der Waals surface area contributed by atoms with E-state index in [1.54, 1.807) is 24.3 Å². The van der Waals surface area contributed by atoms with Gasteiger partial charge in [-0.2, -0.15) is 4.98 Å². The van der Waals surface area contributed by atoms with Crippen LogP contribution in [-0.2, 0) is 22.6 Å². The number of hydrogen-bond acceptors (Lipinski definition) is 8. The summed E-state index contributed by atoms with van der Waals surface area (Å²) < 4.78 is 0. The number of aromatic nitrogens is 2. The first-order chi connectivity index (χ1) is 15.2. The number of benzene rings is 1. The van der Waals surface area contributed by atoms with E-state index in [9.17, 15) is 19.2 Å². The van der Waals surface area contributed by atoms with Crippen LogP contribution in [0.15, 0.2) is 29.1 Å². The maximum absolute atomic E-state index is 12.3. The van der Waals surface area contributed by atoms with Gasteiger partial charge < -0.3 is 31.9 Å². The fraction of sp³-hybridized carbons (Fsp3) is 0.350. The highest BCUT2D eigenvalue weighted by Gasteiger charge is 2.23. The van der Waals surface area contributed by atoms with Gasteiger partial charge >= 0.3 is 11.9 Å². The zero-order valence-corrected chi connectivity index (χ0v) is 17.1. The van der Waals surface area contributed by atoms with Gasteiger partial charge in [-0.3, -0.25) is 19.4 Å². The van der Waals surface area contributed by atoms with Gasteiger partial charge in [0.25, 0.3) is 11.5 Å². The Kier molecular flexibility index (Phi) is 7.05. The predicted molar refractivity (Wildman–Crippen MR) is 114 cm³/mol. The number of nitrogen functional groups attached to an aromatic ring is 1. The first-order valence-electron chi connectivity index (χ1n) is 9.93. The number of rotatable bonds is 9. The van der Waals surface area contributed by atoms with Crippen molar-refractivity contribution in [3.05, 3.63) is 51.3 Å². The predicted octanol–water partition coefficient (Wildman–Crippen LogP) is -0.474. The van der Waals surface area contributed by atoms with Crippen LogP contribution in [0.5, 0.6) is 0 Å². The zero-order valence-electron chi connectivity index (χ0n) is 17.1. The van der Waals surface area contributed by atoms with Crippen LogP contribution >= 0.6 is 0 Å². The number of anilines is 2. The van der Waals surface area contributed by atoms with E-state index >= 15 is 0 Å². The minimum Gasteiger partial charge on any atom is -0.481 e. The molecule has 0 radical (unpaired) electrons. The minimum absolute atomic E-state index is 0.0115. The number of aliphatic carboxylic acids is 2. The molecule has 0 spiro atoms. The number of carboxylic acids is 2. The van der Waals surface area contributed by atoms with Crippen LogP contribution in [0.3, 0.4) is 0 Å². The van der Waals surface area contributed by atoms with Gasteiger partial charge in [0.1, 0.15) is 11.9 Å². The Bertz CT molecular complexity index is 1070. The van der Waals surface area contributed by atoms with Gasteiger partial charge in [-0.25, -0.2) is 4.79 Å². The number of H-pyrrole nitrogens is 1. The smallest absolute Gasteiger partial charge is 0.326 e. The molecule has 2 atom stereocenters. The molecule has 0 saturated heterocycles. The van der Waals surface area contributed by atoms with Crippen LogP contribution < -0.4 is 27.2 Å². The molecule has 0 saturated carbocycles. The topological polar surface area (TPSA) is 200 Å². The Morgan fingerprint density at radius 3 is 2.59 bits per heavy atom. The zero-order chi connectivity index (χ0) is 23.3. The number of carbonyl (C=O) groups is 3. The number of nitrogens with zero attached hydrogens (tertiary/aromatic N) is 1. The summed E-state index contributed by atoms with van der Waals surface area (Å²) in [7, 11) is 0. The van der Waals surface area contributed by atoms with E-state index in [4.69, 9.17) is 15.9 Å². The standard InChI is InChI=1S/C20H24N6O6/c21-20-25-16-13(18(30)26-20)7-12(9-23-16)22-8-10-1-3-11(4-2-10)17(29)24-14(19(31)32)5-6-15(27)28/h1-4,12,14,22H,5-9H2,(H,24,29)(H,27,28)(H,31,32)(H4,21,23,25,26,30). The Balaban J connectivity index is 1.54. The minimum atomic E-state index is -1.29. The van der Waals surface area contributed by atoms with Gasteiger partial charge in [0.2, 0.25) is 5.95 Å². The third kappa shape index (κ3) is 5.82. The lowest BCUT2D eigenvalue weighted by molar-refractivity contribution is -0.140. The normalized spacial score (nSPS) is 15.8. The number of amides is 1. The van der Waals surface area contributed by atoms with Gasteiger partial charge in [0.15, 0.2) is 0 Å². The molecular weight excluding hydrogens is 420 g/mol. The highest BCUT2D eigenvalue weighted by atomic mass is 16.4. The van der Waals surface area contributed by atoms with E-state index in [2.05, 4.69) is 25.9 Å². The van der Waals surface area contributed by atoms with Gasteiger partial charge in [0, 0.05) is 31.1 Å². The molecule has 2 heterocycles. The molecule has 8 N–H and O–H groups in total. The first-order valence-corrected chi connectivity index (χ1v) is 9.93. The van der Waals surface area contributed by atoms with Crippen molar-refractivity contribution in [1.82, 2.24) is 20.6 Å². The molecule has 1 aliphatic rings. The monoisotopic (exact) mass is 444 g/mol. The van der Waals surface area contributed by atoms with Crippen molar-refractivity contribution in [1.29, 1.82) is 0 Å². The third-order valence-electron chi connectivity index (χ3n) is 5.06. The van der Waals surface area contributed by atoms with E-state index in [0.29, 0.717) is 30.9 Å². The molecule has 2 aromatic rings. The van der Waals surface area contributed by atoms with Crippen molar-refractivity contribution >= 4 is 29.6 Å². The van der Waals surface area contributed by atoms with E-state index < -0.39 is 23.9 Å². The Morgan fingerprint density at radius 2 is 1.94 bits per heavy atom. The quantitative estimate of drug-likeness (QED) is 0.265. The molecule has 12 heteroatoms. The second-order valence-corrected chi connectivity index (χ2v) is 7.43. The summed E-state index contributed by atoms with van der Waals surface area (Å²) in [6.45, 7) is 1.05. The highest BCUT2D eigenvalue weighted by Crippen LogP contribution is 2.16. The van der Waals surface area contributed by atoms with Crippen LogP contribution in [0.25, 0.3) is 0 Å². The van der Waals surface area contributed by atoms with E-state index in [-0.39, 0.29) is 36.0 Å². The number of nitrogens with one attached hydrogen (secondary N) is 4. The van der Waals surface area contributed by atoms with E-state index in [1.165, 1.54) is 0 Å². The number of hydrogen-bond donors (Lipinski definition) is 7. The van der Waals surface area contributed by atoms with Crippen molar-refractivity contribution in [2.24, 2.45) is 0 Å². The number of carboxylic acid groups (broad SMARTS) is 2. The Morgan fingerprint density at radius 1 is 1.22 bits per heavy atom. The van der Waals surface area contributed by atoms with Crippen molar-refractivity contribution in [3.8, 4) is 0 Å². The highest BCUT2D eigenvalue weighted by molar-refractivity contribution is 5.96. The summed E-state index contributed by atoms with van der Waals surface area (Å²) in [5, 5.41) is 26.6. The van der Waals surface area contributed by atoms with Crippen molar-refractivity contribution in [3.63, 3.8) is 0 Å². The summed E-state index contributed by atoms with van der Waals surface area (Å²) in [5.41, 5.74) is 6.96. The van der Waals surface area contributed by atoms with Crippen molar-refractivity contribution < 1.29 is 24.6 Å². The van der Waals surface area contributed by atoms with Crippen molar-refractivity contribution in [2.45, 2.75) is 37.9 Å². The van der Waals surface area contributed by atoms with Crippen LogP contribution in [0, 0.1) is 0 Å². The molecule has 1 aliphatic heterocycles. The van der Waals surface area contributed by atoms with E-state index in [1.807, 2.05) is 0 Å². The molecule has 2 unspecified atom stereocenters. The van der Waals surface area contributed by atoms with Gasteiger partial charge in [0.05, 0.1) is 5.56 Å². The maximum atomic E-state index is 12.3. The second-order valence-electron chi connectivity index (χ2n) is 7.43. The summed E-state index contributed by atoms with van der Waals surface area (Å²) in [4.78, 5) is 52.8. The molecule has 1 aromatic carbocycles. The lowest BCUT2D eigenvalue weighted by Gasteiger charge is -2.25. The second kappa shape index (κ2) is 9.92. The summed E-state index contributed by atoms with van der Waals surface area (Å²) in [6.07, 6.45) is -0.0854. The Hall–Kier alpha value is -3.93. The SMILES string of the molecule is Nc1nc2c(c(=O)[nH]1)CC(NCc1ccc(C(=O)NC(CCC(=O)O)C(=O)O)cc1)CN2. The van der Waals surface area contributed by atoms with E-state index in [0.717, 1.165) is 5.56 Å². The average molecular weight is 444 g/mol. The molecule has 0 aliphatic carbocycles. The molecular formula is C20H24N6O6. The fourth-order valence-corrected chi connectivity index (χ4v) is 3.34. The average Bonchev–Trinajstić information content (AvgIpc) is 2.75. The molecule has 3 rings (SSSR count). The van der Waals surface area contributed by atoms with Gasteiger partial charge in [-0.15, -0.1) is 0 Å². The van der Waals surface area contributed by atoms with Crippen LogP contribution in [0.1, 0.15) is 34.3 Å². The summed E-state index contributed by atoms with van der Waals surface area (Å²) in [6, 6.07) is 5.29. The third-order valence-corrected chi connectivity index (χ3v) is 5.06. The molecule has 0 fully saturated rings. The fourth-order valence-electron chi connectivity index (χ4n) is 3.34. The van der Waals surface area contributed by atoms with Crippen LogP contribution in [0.2, 0.25) is 0 Å². The maximum Gasteiger partial charge on any atom is 0.326 e. The molecule has 32 heavy (non-hydrogen) atoms. The lowest BCUT2D eigenvalue weighted by Crippen LogP contribution is -2.42. The Labute approximate surface area is 182 Å². The van der Waals surface area contributed by atoms with Crippen LogP contribution in [0.4, 0.5) is 11.8 Å². The molecule has 0 bridgehead atoms. The lowest BCUT2D eigenvalue weighted by atomic mass is 10.0. The molecule has 1 amide bonds. The number of aromatic amines is 1. The first kappa shape index (κ1) is 22.7. The van der Waals surface area contributed by atoms with Crippen LogP contribution in [-0.4, -0.2) is 56.7 Å². The number of fused-ring (bicyclic) bond motifs is 1. The van der Waals surface area contributed by atoms with Gasteiger partial charge in [-0.05, 0) is 30.5 Å². The largest absolute Gasteiger partial charge is 0.481 e. The summed E-state index contributed by atoms with van der Waals surface area (Å²) >= 11 is 0. The number of carbonyl (C=O) groups excluding carboxylic acids is 1. The van der Waals surface area contributed by atoms with Gasteiger partial charge in [-0.1, -0.05) is 12.1 Å². The summed E-state index contributed by atoms with van der Waals surface area (Å²) in [5.74, 6) is -2.47. The molecule has 1 aromatic heterocycles. The molecule has 12 nitrogen and oxygen atoms in total. The van der Waals surface area contributed by atoms with Crippen molar-refractivity contribution in [2.75, 3.05) is 17.6 Å². The number of nitrogens with two attached hydrogens (primary N) is 1.